The van der Waals surface area contributed by atoms with Crippen molar-refractivity contribution in [1.82, 2.24) is 28.9 Å². The van der Waals surface area contributed by atoms with Crippen LogP contribution in [0.3, 0.4) is 0 Å². The lowest BCUT2D eigenvalue weighted by Gasteiger charge is -2.47. The van der Waals surface area contributed by atoms with Gasteiger partial charge in [0.05, 0.1) is 53.7 Å². The van der Waals surface area contributed by atoms with Crippen molar-refractivity contribution in [2.75, 3.05) is 37.7 Å². The maximum absolute atomic E-state index is 13.1. The number of nitrogens with zero attached hydrogens (tertiary/aromatic N) is 7. The molecule has 0 aliphatic carbocycles. The van der Waals surface area contributed by atoms with E-state index >= 15 is 0 Å². The molecule has 0 saturated carbocycles. The number of hydrogen-bond donors (Lipinski definition) is 0. The summed E-state index contributed by atoms with van der Waals surface area (Å²) in [6, 6.07) is 8.51. The molecule has 1 atom stereocenters. The van der Waals surface area contributed by atoms with E-state index in [1.807, 2.05) is 36.0 Å². The first-order valence-corrected chi connectivity index (χ1v) is 12.0. The van der Waals surface area contributed by atoms with Gasteiger partial charge in [0.1, 0.15) is 11.3 Å². The van der Waals surface area contributed by atoms with E-state index in [2.05, 4.69) is 39.8 Å². The Morgan fingerprint density at radius 2 is 1.94 bits per heavy atom. The Kier molecular flexibility index (Phi) is 5.11. The highest BCUT2D eigenvalue weighted by molar-refractivity contribution is 5.66. The van der Waals surface area contributed by atoms with Gasteiger partial charge in [-0.2, -0.15) is 5.10 Å². The average Bonchev–Trinajstić information content (AvgIpc) is 3.22. The Morgan fingerprint density at radius 3 is 2.68 bits per heavy atom. The van der Waals surface area contributed by atoms with Crippen molar-refractivity contribution in [3.05, 3.63) is 58.4 Å². The number of hydrogen-bond acceptors (Lipinski definition) is 7. The smallest absolute Gasteiger partial charge is 0.258 e. The second-order valence-corrected chi connectivity index (χ2v) is 9.36. The number of anilines is 1. The number of ether oxygens (including phenoxy) is 1. The molecule has 6 heterocycles. The molecule has 0 spiro atoms. The van der Waals surface area contributed by atoms with Crippen LogP contribution < -0.4 is 10.5 Å². The van der Waals surface area contributed by atoms with Gasteiger partial charge in [0.25, 0.3) is 5.56 Å². The lowest BCUT2D eigenvalue weighted by Crippen LogP contribution is -2.60. The number of pyridine rings is 1. The predicted molar refractivity (Wildman–Crippen MR) is 131 cm³/mol. The Labute approximate surface area is 197 Å². The van der Waals surface area contributed by atoms with Gasteiger partial charge in [-0.15, -0.1) is 0 Å². The maximum Gasteiger partial charge on any atom is 0.258 e. The van der Waals surface area contributed by atoms with Crippen LogP contribution in [-0.2, 0) is 11.2 Å². The Hall–Kier alpha value is -3.30. The molecule has 2 aliphatic rings. The minimum Gasteiger partial charge on any atom is -0.378 e. The zero-order chi connectivity index (χ0) is 23.4. The second-order valence-electron chi connectivity index (χ2n) is 9.36. The summed E-state index contributed by atoms with van der Waals surface area (Å²) in [6.45, 7) is 10.8. The minimum absolute atomic E-state index is 0.109. The Morgan fingerprint density at radius 1 is 1.09 bits per heavy atom. The van der Waals surface area contributed by atoms with Crippen LogP contribution in [0.25, 0.3) is 22.6 Å². The Balaban J connectivity index is 1.31. The molecule has 4 aromatic rings. The van der Waals surface area contributed by atoms with E-state index in [0.717, 1.165) is 61.9 Å². The first-order valence-electron chi connectivity index (χ1n) is 12.0. The van der Waals surface area contributed by atoms with Gasteiger partial charge in [-0.25, -0.2) is 9.50 Å². The fraction of sp³-hybridized carbons (Fsp3) is 0.440. The first kappa shape index (κ1) is 21.2. The third-order valence-corrected chi connectivity index (χ3v) is 7.03. The van der Waals surface area contributed by atoms with Gasteiger partial charge in [0.2, 0.25) is 0 Å². The quantitative estimate of drug-likeness (QED) is 0.463. The van der Waals surface area contributed by atoms with Crippen molar-refractivity contribution in [3.63, 3.8) is 0 Å². The molecule has 2 saturated heterocycles. The molecular formula is C25H29N7O2. The van der Waals surface area contributed by atoms with Crippen molar-refractivity contribution in [3.8, 4) is 11.4 Å². The molecule has 4 aromatic heterocycles. The van der Waals surface area contributed by atoms with E-state index in [4.69, 9.17) is 9.72 Å². The zero-order valence-electron chi connectivity index (χ0n) is 19.8. The van der Waals surface area contributed by atoms with Crippen LogP contribution in [0, 0.1) is 6.92 Å². The molecule has 34 heavy (non-hydrogen) atoms. The topological polar surface area (TPSA) is 80.3 Å². The van der Waals surface area contributed by atoms with Gasteiger partial charge >= 0.3 is 0 Å². The van der Waals surface area contributed by atoms with Crippen LogP contribution in [-0.4, -0.2) is 73.8 Å². The SMILES string of the molecule is CCc1nc(C)cn2nc(-c3cc(=O)n4cc(N5CCN(C6COC6)[C@H](C)C5)ccc4n3)cc12. The number of aryl methyl sites for hydroxylation is 2. The van der Waals surface area contributed by atoms with Crippen molar-refractivity contribution < 1.29 is 4.74 Å². The van der Waals surface area contributed by atoms with Crippen LogP contribution in [0.1, 0.15) is 25.2 Å². The van der Waals surface area contributed by atoms with Crippen LogP contribution in [0.2, 0.25) is 0 Å². The molecule has 0 radical (unpaired) electrons. The molecule has 6 rings (SSSR count). The lowest BCUT2D eigenvalue weighted by atomic mass is 10.1. The van der Waals surface area contributed by atoms with Crippen LogP contribution in [0.5, 0.6) is 0 Å². The van der Waals surface area contributed by atoms with Crippen molar-refractivity contribution >= 4 is 16.9 Å². The van der Waals surface area contributed by atoms with Crippen LogP contribution >= 0.6 is 0 Å². The van der Waals surface area contributed by atoms with Crippen molar-refractivity contribution in [1.29, 1.82) is 0 Å². The number of aromatic nitrogens is 5. The van der Waals surface area contributed by atoms with Gasteiger partial charge < -0.3 is 9.64 Å². The van der Waals surface area contributed by atoms with Crippen molar-refractivity contribution in [2.24, 2.45) is 0 Å². The molecule has 176 valence electrons. The summed E-state index contributed by atoms with van der Waals surface area (Å²) in [5.74, 6) is 0. The van der Waals surface area contributed by atoms with E-state index < -0.39 is 0 Å². The number of piperazine rings is 1. The third-order valence-electron chi connectivity index (χ3n) is 7.03. The Bertz CT molecular complexity index is 1440. The lowest BCUT2D eigenvalue weighted by molar-refractivity contribution is -0.0792. The summed E-state index contributed by atoms with van der Waals surface area (Å²) in [6.07, 6.45) is 4.63. The highest BCUT2D eigenvalue weighted by Crippen LogP contribution is 2.24. The highest BCUT2D eigenvalue weighted by Gasteiger charge is 2.33. The van der Waals surface area contributed by atoms with E-state index in [1.54, 1.807) is 10.5 Å². The average molecular weight is 460 g/mol. The second kappa shape index (κ2) is 8.18. The number of rotatable bonds is 4. The highest BCUT2D eigenvalue weighted by atomic mass is 16.5. The van der Waals surface area contributed by atoms with Gasteiger partial charge in [0, 0.05) is 37.9 Å². The van der Waals surface area contributed by atoms with Gasteiger partial charge in [-0.1, -0.05) is 6.92 Å². The first-order chi connectivity index (χ1) is 16.5. The summed E-state index contributed by atoms with van der Waals surface area (Å²) in [4.78, 5) is 27.4. The van der Waals surface area contributed by atoms with Crippen molar-refractivity contribution in [2.45, 2.75) is 39.3 Å². The summed E-state index contributed by atoms with van der Waals surface area (Å²) >= 11 is 0. The van der Waals surface area contributed by atoms with Gasteiger partial charge in [-0.05, 0) is 38.5 Å². The van der Waals surface area contributed by atoms with Gasteiger partial charge in [-0.3, -0.25) is 19.1 Å². The van der Waals surface area contributed by atoms with E-state index in [9.17, 15) is 4.79 Å². The molecule has 9 nitrogen and oxygen atoms in total. The standard InChI is InChI=1S/C25H29N7O2/c1-4-20-23-9-22(28-32(23)11-16(2)26-20)21-10-25(33)31-13-18(5-6-24(31)27-21)29-7-8-30(17(3)12-29)19-14-34-15-19/h5-6,9-11,13,17,19H,4,7-8,12,14-15H2,1-3H3/t17-/m1/s1. The molecule has 0 aromatic carbocycles. The largest absolute Gasteiger partial charge is 0.378 e. The molecule has 0 N–H and O–H groups in total. The maximum atomic E-state index is 13.1. The summed E-state index contributed by atoms with van der Waals surface area (Å²) in [5.41, 5.74) is 5.65. The molecule has 2 fully saturated rings. The number of fused-ring (bicyclic) bond motifs is 2. The van der Waals surface area contributed by atoms with E-state index in [-0.39, 0.29) is 5.56 Å². The molecule has 2 aliphatic heterocycles. The molecule has 9 heteroatoms. The molecule has 0 amide bonds. The monoisotopic (exact) mass is 459 g/mol. The predicted octanol–water partition coefficient (Wildman–Crippen LogP) is 2.18. The fourth-order valence-electron chi connectivity index (χ4n) is 5.14. The minimum atomic E-state index is -0.109. The molecular weight excluding hydrogens is 430 g/mol. The normalized spacial score (nSPS) is 19.7. The van der Waals surface area contributed by atoms with Crippen LogP contribution in [0.15, 0.2) is 41.5 Å². The molecule has 0 unspecified atom stereocenters. The third kappa shape index (κ3) is 3.56. The summed E-state index contributed by atoms with van der Waals surface area (Å²) in [5, 5.41) is 4.68. The fourth-order valence-corrected chi connectivity index (χ4v) is 5.14. The summed E-state index contributed by atoms with van der Waals surface area (Å²) < 4.78 is 8.84. The zero-order valence-corrected chi connectivity index (χ0v) is 19.8. The molecule has 0 bridgehead atoms. The van der Waals surface area contributed by atoms with E-state index in [1.165, 1.54) is 0 Å². The van der Waals surface area contributed by atoms with Gasteiger partial charge in [0.15, 0.2) is 0 Å². The van der Waals surface area contributed by atoms with E-state index in [0.29, 0.717) is 29.1 Å². The van der Waals surface area contributed by atoms with Crippen LogP contribution in [0.4, 0.5) is 5.69 Å². The summed E-state index contributed by atoms with van der Waals surface area (Å²) in [7, 11) is 0.